The normalized spacial score (nSPS) is 11.6. The molecule has 0 aliphatic heterocycles. The molecule has 2 aromatic rings. The first-order valence-corrected chi connectivity index (χ1v) is 7.33. The number of nitrogens with zero attached hydrogens (tertiary/aromatic N) is 2. The second-order valence-corrected chi connectivity index (χ2v) is 6.01. The smallest absolute Gasteiger partial charge is 0.263 e. The molecule has 0 aliphatic carbocycles. The maximum absolute atomic E-state index is 13.3. The minimum Gasteiger partial charge on any atom is -0.326 e. The number of sulfonamides is 1. The van der Waals surface area contributed by atoms with Gasteiger partial charge >= 0.3 is 0 Å². The second kappa shape index (κ2) is 5.22. The lowest BCUT2D eigenvalue weighted by molar-refractivity contribution is 0.593. The largest absolute Gasteiger partial charge is 0.326 e. The van der Waals surface area contributed by atoms with Crippen molar-refractivity contribution in [3.05, 3.63) is 41.3 Å². The van der Waals surface area contributed by atoms with Crippen molar-refractivity contribution in [2.45, 2.75) is 18.4 Å². The summed E-state index contributed by atoms with van der Waals surface area (Å²) in [5.41, 5.74) is 6.54. The van der Waals surface area contributed by atoms with Gasteiger partial charge in [-0.05, 0) is 24.6 Å². The maximum Gasteiger partial charge on any atom is 0.263 e. The van der Waals surface area contributed by atoms with Gasteiger partial charge in [-0.2, -0.15) is 5.10 Å². The molecule has 1 heterocycles. The Bertz CT molecular complexity index is 740. The molecular formula is C12H15FN4O2S. The van der Waals surface area contributed by atoms with Gasteiger partial charge < -0.3 is 5.73 Å². The van der Waals surface area contributed by atoms with E-state index in [1.165, 1.54) is 23.0 Å². The molecule has 20 heavy (non-hydrogen) atoms. The molecule has 8 heteroatoms. The van der Waals surface area contributed by atoms with Crippen LogP contribution in [0.3, 0.4) is 0 Å². The Morgan fingerprint density at radius 1 is 1.45 bits per heavy atom. The summed E-state index contributed by atoms with van der Waals surface area (Å²) >= 11 is 0. The third-order valence-corrected chi connectivity index (χ3v) is 4.39. The molecule has 0 atom stereocenters. The van der Waals surface area contributed by atoms with Gasteiger partial charge in [0.15, 0.2) is 0 Å². The number of benzene rings is 1. The minimum atomic E-state index is -3.90. The first-order valence-electron chi connectivity index (χ1n) is 5.85. The summed E-state index contributed by atoms with van der Waals surface area (Å²) in [6, 6.07) is 3.61. The first kappa shape index (κ1) is 14.5. The molecule has 1 aromatic carbocycles. The summed E-state index contributed by atoms with van der Waals surface area (Å²) in [5.74, 6) is -0.337. The molecule has 0 radical (unpaired) electrons. The number of nitrogens with two attached hydrogens (primary N) is 1. The highest BCUT2D eigenvalue weighted by Crippen LogP contribution is 2.22. The Labute approximate surface area is 116 Å². The summed E-state index contributed by atoms with van der Waals surface area (Å²) in [7, 11) is -2.31. The van der Waals surface area contributed by atoms with E-state index in [2.05, 4.69) is 9.82 Å². The van der Waals surface area contributed by atoms with Crippen LogP contribution in [0.15, 0.2) is 29.3 Å². The topological polar surface area (TPSA) is 90.0 Å². The zero-order chi connectivity index (χ0) is 14.9. The van der Waals surface area contributed by atoms with Crippen molar-refractivity contribution in [3.8, 4) is 0 Å². The van der Waals surface area contributed by atoms with E-state index in [9.17, 15) is 12.8 Å². The molecule has 0 bridgehead atoms. The standard InChI is InChI=1S/C12H15FN4O2S/c1-8-3-4-10(13)5-11(8)20(18,19)16-12-9(6-14)7-15-17(12)2/h3-5,7,16H,6,14H2,1-2H3. The number of nitrogens with one attached hydrogen (secondary N) is 1. The lowest BCUT2D eigenvalue weighted by Gasteiger charge is -2.12. The molecule has 0 aliphatic rings. The highest BCUT2D eigenvalue weighted by molar-refractivity contribution is 7.92. The molecule has 108 valence electrons. The van der Waals surface area contributed by atoms with Crippen LogP contribution >= 0.6 is 0 Å². The third kappa shape index (κ3) is 2.66. The number of hydrogen-bond acceptors (Lipinski definition) is 4. The number of aryl methyl sites for hydroxylation is 2. The van der Waals surface area contributed by atoms with Crippen LogP contribution in [0.5, 0.6) is 0 Å². The zero-order valence-electron chi connectivity index (χ0n) is 11.1. The molecule has 6 nitrogen and oxygen atoms in total. The van der Waals surface area contributed by atoms with Gasteiger partial charge in [-0.25, -0.2) is 12.8 Å². The van der Waals surface area contributed by atoms with E-state index in [0.717, 1.165) is 6.07 Å². The molecule has 0 saturated heterocycles. The highest BCUT2D eigenvalue weighted by Gasteiger charge is 2.21. The van der Waals surface area contributed by atoms with E-state index >= 15 is 0 Å². The Hall–Kier alpha value is -1.93. The van der Waals surface area contributed by atoms with Gasteiger partial charge in [-0.1, -0.05) is 6.07 Å². The fraction of sp³-hybridized carbons (Fsp3) is 0.250. The first-order chi connectivity index (χ1) is 9.35. The Kier molecular flexibility index (Phi) is 3.78. The van der Waals surface area contributed by atoms with Crippen LogP contribution in [0.4, 0.5) is 10.2 Å². The third-order valence-electron chi connectivity index (χ3n) is 2.91. The number of halogens is 1. The Balaban J connectivity index is 2.46. The lowest BCUT2D eigenvalue weighted by atomic mass is 10.2. The summed E-state index contributed by atoms with van der Waals surface area (Å²) in [6.45, 7) is 1.74. The van der Waals surface area contributed by atoms with Crippen LogP contribution in [0.2, 0.25) is 0 Å². The van der Waals surface area contributed by atoms with Crippen LogP contribution in [-0.2, 0) is 23.6 Å². The van der Waals surface area contributed by atoms with Gasteiger partial charge in [0.25, 0.3) is 10.0 Å². The predicted molar refractivity (Wildman–Crippen MR) is 73.0 cm³/mol. The average molecular weight is 298 g/mol. The number of anilines is 1. The lowest BCUT2D eigenvalue weighted by Crippen LogP contribution is -2.18. The van der Waals surface area contributed by atoms with E-state index in [1.807, 2.05) is 0 Å². The number of rotatable bonds is 4. The van der Waals surface area contributed by atoms with Crippen molar-refractivity contribution in [2.24, 2.45) is 12.8 Å². The van der Waals surface area contributed by atoms with Crippen molar-refractivity contribution >= 4 is 15.8 Å². The van der Waals surface area contributed by atoms with Gasteiger partial charge in [0.2, 0.25) is 0 Å². The Morgan fingerprint density at radius 3 is 2.80 bits per heavy atom. The molecule has 0 amide bonds. The SMILES string of the molecule is Cc1ccc(F)cc1S(=O)(=O)Nc1c(CN)cnn1C. The van der Waals surface area contributed by atoms with Gasteiger partial charge in [0.1, 0.15) is 11.6 Å². The quantitative estimate of drug-likeness (QED) is 0.885. The summed E-state index contributed by atoms with van der Waals surface area (Å²) in [4.78, 5) is -0.110. The summed E-state index contributed by atoms with van der Waals surface area (Å²) in [5, 5.41) is 3.94. The van der Waals surface area contributed by atoms with Gasteiger partial charge in [0, 0.05) is 19.2 Å². The fourth-order valence-corrected chi connectivity index (χ4v) is 3.20. The van der Waals surface area contributed by atoms with Crippen LogP contribution < -0.4 is 10.5 Å². The van der Waals surface area contributed by atoms with Crippen LogP contribution in [0.25, 0.3) is 0 Å². The van der Waals surface area contributed by atoms with E-state index in [1.54, 1.807) is 14.0 Å². The molecule has 3 N–H and O–H groups in total. The number of aromatic nitrogens is 2. The van der Waals surface area contributed by atoms with Crippen molar-refractivity contribution in [2.75, 3.05) is 4.72 Å². The second-order valence-electron chi connectivity index (χ2n) is 4.36. The van der Waals surface area contributed by atoms with Crippen molar-refractivity contribution in [3.63, 3.8) is 0 Å². The van der Waals surface area contributed by atoms with Crippen LogP contribution in [0, 0.1) is 12.7 Å². The van der Waals surface area contributed by atoms with Crippen LogP contribution in [0.1, 0.15) is 11.1 Å². The molecular weight excluding hydrogens is 283 g/mol. The zero-order valence-corrected chi connectivity index (χ0v) is 11.9. The van der Waals surface area contributed by atoms with Gasteiger partial charge in [0.05, 0.1) is 11.1 Å². The average Bonchev–Trinajstić information content (AvgIpc) is 2.73. The molecule has 0 fully saturated rings. The van der Waals surface area contributed by atoms with Crippen molar-refractivity contribution in [1.82, 2.24) is 9.78 Å². The minimum absolute atomic E-state index is 0.110. The van der Waals surface area contributed by atoms with E-state index in [0.29, 0.717) is 11.1 Å². The monoisotopic (exact) mass is 298 g/mol. The molecule has 0 saturated carbocycles. The van der Waals surface area contributed by atoms with E-state index in [-0.39, 0.29) is 17.3 Å². The van der Waals surface area contributed by atoms with Crippen molar-refractivity contribution < 1.29 is 12.8 Å². The van der Waals surface area contributed by atoms with Gasteiger partial charge in [-0.15, -0.1) is 0 Å². The van der Waals surface area contributed by atoms with Gasteiger partial charge in [-0.3, -0.25) is 9.40 Å². The molecule has 1 aromatic heterocycles. The fourth-order valence-electron chi connectivity index (χ4n) is 1.81. The molecule has 2 rings (SSSR count). The number of hydrogen-bond donors (Lipinski definition) is 2. The van der Waals surface area contributed by atoms with E-state index in [4.69, 9.17) is 5.73 Å². The van der Waals surface area contributed by atoms with Crippen molar-refractivity contribution in [1.29, 1.82) is 0 Å². The summed E-state index contributed by atoms with van der Waals surface area (Å²) < 4.78 is 41.7. The maximum atomic E-state index is 13.3. The molecule has 0 unspecified atom stereocenters. The van der Waals surface area contributed by atoms with E-state index < -0.39 is 15.8 Å². The molecule has 0 spiro atoms. The predicted octanol–water partition coefficient (Wildman–Crippen LogP) is 1.13. The van der Waals surface area contributed by atoms with Crippen LogP contribution in [-0.4, -0.2) is 18.2 Å². The highest BCUT2D eigenvalue weighted by atomic mass is 32.2. The summed E-state index contributed by atoms with van der Waals surface area (Å²) in [6.07, 6.45) is 1.48. The Morgan fingerprint density at radius 2 is 2.15 bits per heavy atom.